The maximum atomic E-state index is 8.88. The highest BCUT2D eigenvalue weighted by Gasteiger charge is 2.31. The van der Waals surface area contributed by atoms with Crippen LogP contribution in [0.4, 0.5) is 0 Å². The minimum atomic E-state index is 0.157. The Morgan fingerprint density at radius 3 is 2.41 bits per heavy atom. The Labute approximate surface area is 101 Å². The fourth-order valence-corrected chi connectivity index (χ4v) is 2.22. The third-order valence-corrected chi connectivity index (χ3v) is 3.34. The van der Waals surface area contributed by atoms with E-state index in [0.29, 0.717) is 0 Å². The van der Waals surface area contributed by atoms with Gasteiger partial charge in [-0.25, -0.2) is 0 Å². The molecule has 1 fully saturated rings. The van der Waals surface area contributed by atoms with E-state index in [1.54, 1.807) is 14.2 Å². The second-order valence-corrected chi connectivity index (χ2v) is 4.25. The number of rotatable bonds is 3. The van der Waals surface area contributed by atoms with Crippen molar-refractivity contribution in [2.24, 2.45) is 5.16 Å². The molecule has 1 aromatic carbocycles. The first-order valence-corrected chi connectivity index (χ1v) is 5.64. The van der Waals surface area contributed by atoms with Crippen LogP contribution in [-0.2, 0) is 0 Å². The number of oxime groups is 1. The van der Waals surface area contributed by atoms with Gasteiger partial charge in [0, 0.05) is 11.5 Å². The highest BCUT2D eigenvalue weighted by atomic mass is 16.5. The number of hydrogen-bond acceptors (Lipinski definition) is 4. The van der Waals surface area contributed by atoms with Gasteiger partial charge >= 0.3 is 0 Å². The number of hydrogen-bond donors (Lipinski definition) is 1. The number of ether oxygens (including phenoxy) is 2. The van der Waals surface area contributed by atoms with Crippen molar-refractivity contribution in [3.63, 3.8) is 0 Å². The molecule has 0 aliphatic heterocycles. The fourth-order valence-electron chi connectivity index (χ4n) is 2.22. The molecule has 1 aliphatic rings. The van der Waals surface area contributed by atoms with Crippen LogP contribution >= 0.6 is 0 Å². The molecule has 17 heavy (non-hydrogen) atoms. The van der Waals surface area contributed by atoms with Gasteiger partial charge in [-0.1, -0.05) is 5.16 Å². The molecule has 1 saturated carbocycles. The van der Waals surface area contributed by atoms with E-state index in [1.165, 1.54) is 0 Å². The van der Waals surface area contributed by atoms with E-state index >= 15 is 0 Å². The summed E-state index contributed by atoms with van der Waals surface area (Å²) < 4.78 is 10.7. The number of benzene rings is 1. The minimum absolute atomic E-state index is 0.157. The van der Waals surface area contributed by atoms with E-state index in [0.717, 1.165) is 41.2 Å². The zero-order valence-corrected chi connectivity index (χ0v) is 10.4. The van der Waals surface area contributed by atoms with E-state index in [1.807, 2.05) is 19.1 Å². The van der Waals surface area contributed by atoms with Gasteiger partial charge in [0.2, 0.25) is 0 Å². The van der Waals surface area contributed by atoms with Gasteiger partial charge in [-0.05, 0) is 37.5 Å². The lowest BCUT2D eigenvalue weighted by atomic mass is 9.77. The third kappa shape index (κ3) is 1.95. The van der Waals surface area contributed by atoms with E-state index in [-0.39, 0.29) is 5.92 Å². The lowest BCUT2D eigenvalue weighted by Crippen LogP contribution is -2.24. The molecular formula is C13H17NO3. The average Bonchev–Trinajstić information content (AvgIpc) is 2.30. The predicted molar refractivity (Wildman–Crippen MR) is 65.5 cm³/mol. The molecule has 0 heterocycles. The smallest absolute Gasteiger partial charge is 0.123 e. The molecular weight excluding hydrogens is 218 g/mol. The molecule has 0 saturated heterocycles. The summed E-state index contributed by atoms with van der Waals surface area (Å²) in [5, 5.41) is 12.2. The summed E-state index contributed by atoms with van der Waals surface area (Å²) in [5.74, 6) is 1.82. The first-order valence-electron chi connectivity index (χ1n) is 5.64. The Morgan fingerprint density at radius 1 is 1.24 bits per heavy atom. The Morgan fingerprint density at radius 2 is 1.94 bits per heavy atom. The molecule has 0 radical (unpaired) electrons. The monoisotopic (exact) mass is 235 g/mol. The molecule has 1 atom stereocenters. The van der Waals surface area contributed by atoms with Crippen molar-refractivity contribution in [1.82, 2.24) is 0 Å². The number of aryl methyl sites for hydroxylation is 1. The van der Waals surface area contributed by atoms with Crippen LogP contribution in [0.1, 0.15) is 29.9 Å². The Bertz CT molecular complexity index is 454. The number of methoxy groups -OCH3 is 2. The van der Waals surface area contributed by atoms with Crippen LogP contribution in [0, 0.1) is 6.92 Å². The topological polar surface area (TPSA) is 51.0 Å². The summed E-state index contributed by atoms with van der Waals surface area (Å²) >= 11 is 0. The van der Waals surface area contributed by atoms with Crippen molar-refractivity contribution >= 4 is 5.71 Å². The molecule has 4 heteroatoms. The fraction of sp³-hybridized carbons (Fsp3) is 0.462. The number of nitrogens with zero attached hydrogens (tertiary/aromatic N) is 1. The molecule has 0 spiro atoms. The zero-order valence-electron chi connectivity index (χ0n) is 10.4. The molecule has 0 bridgehead atoms. The van der Waals surface area contributed by atoms with Gasteiger partial charge < -0.3 is 14.7 Å². The van der Waals surface area contributed by atoms with Crippen molar-refractivity contribution in [3.05, 3.63) is 23.3 Å². The minimum Gasteiger partial charge on any atom is -0.496 e. The van der Waals surface area contributed by atoms with Crippen molar-refractivity contribution in [2.75, 3.05) is 14.2 Å². The lowest BCUT2D eigenvalue weighted by molar-refractivity contribution is 0.310. The molecule has 2 rings (SSSR count). The van der Waals surface area contributed by atoms with Crippen LogP contribution in [-0.4, -0.2) is 25.1 Å². The normalized spacial score (nSPS) is 21.1. The summed E-state index contributed by atoms with van der Waals surface area (Å²) in [7, 11) is 3.31. The summed E-state index contributed by atoms with van der Waals surface area (Å²) in [6, 6.07) is 3.94. The van der Waals surface area contributed by atoms with Crippen LogP contribution < -0.4 is 9.47 Å². The van der Waals surface area contributed by atoms with Crippen LogP contribution in [0.15, 0.2) is 17.3 Å². The van der Waals surface area contributed by atoms with E-state index in [4.69, 9.17) is 14.7 Å². The average molecular weight is 235 g/mol. The lowest BCUT2D eigenvalue weighted by Gasteiger charge is -2.29. The Hall–Kier alpha value is -1.71. The molecule has 1 aliphatic carbocycles. The van der Waals surface area contributed by atoms with Crippen molar-refractivity contribution in [3.8, 4) is 11.5 Å². The Kier molecular flexibility index (Phi) is 3.22. The summed E-state index contributed by atoms with van der Waals surface area (Å²) in [6.45, 7) is 1.98. The van der Waals surface area contributed by atoms with Gasteiger partial charge in [-0.3, -0.25) is 0 Å². The van der Waals surface area contributed by atoms with Gasteiger partial charge in [0.05, 0.1) is 19.9 Å². The van der Waals surface area contributed by atoms with Crippen LogP contribution in [0.3, 0.4) is 0 Å². The van der Waals surface area contributed by atoms with E-state index in [9.17, 15) is 0 Å². The highest BCUT2D eigenvalue weighted by Crippen LogP contribution is 2.41. The first-order chi connectivity index (χ1) is 8.21. The largest absolute Gasteiger partial charge is 0.496 e. The summed E-state index contributed by atoms with van der Waals surface area (Å²) in [6.07, 6.45) is 1.84. The van der Waals surface area contributed by atoms with Crippen LogP contribution in [0.5, 0.6) is 11.5 Å². The summed E-state index contributed by atoms with van der Waals surface area (Å²) in [5.41, 5.74) is 2.89. The molecule has 0 aromatic heterocycles. The molecule has 0 unspecified atom stereocenters. The van der Waals surface area contributed by atoms with Crippen molar-refractivity contribution < 1.29 is 14.7 Å². The second kappa shape index (κ2) is 4.65. The van der Waals surface area contributed by atoms with Gasteiger partial charge in [0.15, 0.2) is 0 Å². The molecule has 4 nitrogen and oxygen atoms in total. The quantitative estimate of drug-likeness (QED) is 0.647. The molecule has 0 amide bonds. The Balaban J connectivity index is 2.44. The maximum Gasteiger partial charge on any atom is 0.123 e. The van der Waals surface area contributed by atoms with E-state index in [2.05, 4.69) is 5.16 Å². The molecule has 1 aromatic rings. The van der Waals surface area contributed by atoms with E-state index < -0.39 is 0 Å². The first kappa shape index (κ1) is 11.8. The van der Waals surface area contributed by atoms with Gasteiger partial charge in [-0.15, -0.1) is 0 Å². The van der Waals surface area contributed by atoms with Gasteiger partial charge in [0.25, 0.3) is 0 Å². The molecule has 92 valence electrons. The third-order valence-electron chi connectivity index (χ3n) is 3.34. The van der Waals surface area contributed by atoms with Gasteiger partial charge in [-0.2, -0.15) is 0 Å². The predicted octanol–water partition coefficient (Wildman–Crippen LogP) is 2.72. The maximum absolute atomic E-state index is 8.88. The van der Waals surface area contributed by atoms with Crippen LogP contribution in [0.2, 0.25) is 0 Å². The van der Waals surface area contributed by atoms with Crippen molar-refractivity contribution in [2.45, 2.75) is 25.7 Å². The van der Waals surface area contributed by atoms with Gasteiger partial charge in [0.1, 0.15) is 11.5 Å². The van der Waals surface area contributed by atoms with Crippen LogP contribution in [0.25, 0.3) is 0 Å². The molecule has 1 N–H and O–H groups in total. The second-order valence-electron chi connectivity index (χ2n) is 4.25. The highest BCUT2D eigenvalue weighted by molar-refractivity contribution is 5.96. The zero-order chi connectivity index (χ0) is 12.4. The summed E-state index contributed by atoms with van der Waals surface area (Å²) in [4.78, 5) is 0. The SMILES string of the molecule is COc1cc([C@@H]2CC/C2=N/O)c(OC)cc1C. The standard InChI is InChI=1S/C13H17NO3/c1-8-6-13(17-3)10(7-12(8)16-2)9-4-5-11(9)14-15/h6-7,9,15H,4-5H2,1-3H3/b14-11-/t9-/m0/s1. The van der Waals surface area contributed by atoms with Crippen molar-refractivity contribution in [1.29, 1.82) is 0 Å².